The third kappa shape index (κ3) is 4.91. The molecular weight excluding hydrogens is 296 g/mol. The Hall–Kier alpha value is -2.70. The molecule has 0 aliphatic heterocycles. The van der Waals surface area contributed by atoms with Gasteiger partial charge in [-0.1, -0.05) is 42.5 Å². The Bertz CT molecular complexity index is 656. The highest BCUT2D eigenvalue weighted by Crippen LogP contribution is 2.10. The molecule has 1 atom stereocenters. The summed E-state index contributed by atoms with van der Waals surface area (Å²) in [6, 6.07) is 15.3. The van der Waals surface area contributed by atoms with Crippen molar-refractivity contribution in [2.75, 3.05) is 0 Å². The van der Waals surface area contributed by atoms with E-state index in [1.165, 1.54) is 0 Å². The second kappa shape index (κ2) is 8.07. The smallest absolute Gasteiger partial charge is 0.341 e. The SMILES string of the molecule is NOC(=O)[C@@H](N)Cc1ccc(C(=O)OCc2ccccc2)cc1. The largest absolute Gasteiger partial charge is 0.457 e. The van der Waals surface area contributed by atoms with Gasteiger partial charge in [0.2, 0.25) is 0 Å². The molecule has 0 aromatic heterocycles. The molecule has 2 rings (SSSR count). The minimum Gasteiger partial charge on any atom is -0.457 e. The first kappa shape index (κ1) is 16.7. The second-order valence-corrected chi connectivity index (χ2v) is 5.01. The summed E-state index contributed by atoms with van der Waals surface area (Å²) in [5, 5.41) is 0. The summed E-state index contributed by atoms with van der Waals surface area (Å²) in [6.45, 7) is 0.217. The lowest BCUT2D eigenvalue weighted by Crippen LogP contribution is -2.35. The maximum atomic E-state index is 12.0. The Labute approximate surface area is 133 Å². The lowest BCUT2D eigenvalue weighted by molar-refractivity contribution is -0.145. The molecule has 23 heavy (non-hydrogen) atoms. The van der Waals surface area contributed by atoms with Gasteiger partial charge in [0.25, 0.3) is 0 Å². The van der Waals surface area contributed by atoms with Crippen LogP contribution in [0.15, 0.2) is 54.6 Å². The van der Waals surface area contributed by atoms with Gasteiger partial charge in [0, 0.05) is 0 Å². The molecule has 120 valence electrons. The fraction of sp³-hybridized carbons (Fsp3) is 0.176. The summed E-state index contributed by atoms with van der Waals surface area (Å²) in [5.74, 6) is 3.69. The van der Waals surface area contributed by atoms with Crippen LogP contribution in [-0.2, 0) is 27.4 Å². The highest BCUT2D eigenvalue weighted by molar-refractivity contribution is 5.89. The van der Waals surface area contributed by atoms with Gasteiger partial charge in [-0.3, -0.25) is 0 Å². The van der Waals surface area contributed by atoms with Crippen LogP contribution in [0.25, 0.3) is 0 Å². The van der Waals surface area contributed by atoms with Crippen LogP contribution >= 0.6 is 0 Å². The Morgan fingerprint density at radius 1 is 0.957 bits per heavy atom. The quantitative estimate of drug-likeness (QED) is 0.615. The van der Waals surface area contributed by atoms with E-state index in [1.807, 2.05) is 30.3 Å². The van der Waals surface area contributed by atoms with E-state index in [9.17, 15) is 9.59 Å². The van der Waals surface area contributed by atoms with Gasteiger partial charge in [-0.25, -0.2) is 9.59 Å². The van der Waals surface area contributed by atoms with E-state index in [1.54, 1.807) is 24.3 Å². The molecular formula is C17H18N2O4. The van der Waals surface area contributed by atoms with Crippen molar-refractivity contribution in [1.29, 1.82) is 0 Å². The van der Waals surface area contributed by atoms with E-state index in [-0.39, 0.29) is 13.0 Å². The van der Waals surface area contributed by atoms with Crippen LogP contribution in [0.4, 0.5) is 0 Å². The molecule has 0 unspecified atom stereocenters. The zero-order chi connectivity index (χ0) is 16.7. The highest BCUT2D eigenvalue weighted by atomic mass is 16.7. The first-order valence-corrected chi connectivity index (χ1v) is 7.06. The molecule has 2 aromatic rings. The van der Waals surface area contributed by atoms with Crippen LogP contribution < -0.4 is 11.6 Å². The summed E-state index contributed by atoms with van der Waals surface area (Å²) >= 11 is 0. The van der Waals surface area contributed by atoms with Crippen LogP contribution in [0.1, 0.15) is 21.5 Å². The molecule has 0 bridgehead atoms. The molecule has 0 saturated heterocycles. The van der Waals surface area contributed by atoms with Crippen molar-refractivity contribution in [1.82, 2.24) is 0 Å². The number of nitrogens with two attached hydrogens (primary N) is 2. The Kier molecular flexibility index (Phi) is 5.85. The van der Waals surface area contributed by atoms with Gasteiger partial charge in [0.05, 0.1) is 5.56 Å². The Morgan fingerprint density at radius 2 is 1.61 bits per heavy atom. The third-order valence-corrected chi connectivity index (χ3v) is 3.28. The lowest BCUT2D eigenvalue weighted by atomic mass is 10.0. The average molecular weight is 314 g/mol. The van der Waals surface area contributed by atoms with Crippen molar-refractivity contribution >= 4 is 11.9 Å². The standard InChI is InChI=1S/C17H18N2O4/c18-15(17(21)23-19)10-12-6-8-14(9-7-12)16(20)22-11-13-4-2-1-3-5-13/h1-9,15H,10-11,18-19H2/t15-/m0/s1. The third-order valence-electron chi connectivity index (χ3n) is 3.28. The van der Waals surface area contributed by atoms with Gasteiger partial charge in [0.15, 0.2) is 0 Å². The zero-order valence-electron chi connectivity index (χ0n) is 12.5. The van der Waals surface area contributed by atoms with Crippen molar-refractivity contribution in [2.24, 2.45) is 11.6 Å². The van der Waals surface area contributed by atoms with Crippen molar-refractivity contribution in [2.45, 2.75) is 19.1 Å². The number of carbonyl (C=O) groups excluding carboxylic acids is 2. The molecule has 0 amide bonds. The van der Waals surface area contributed by atoms with Gasteiger partial charge < -0.3 is 15.3 Å². The van der Waals surface area contributed by atoms with Crippen LogP contribution in [0.2, 0.25) is 0 Å². The summed E-state index contributed by atoms with van der Waals surface area (Å²) in [6.07, 6.45) is 0.273. The molecule has 0 radical (unpaired) electrons. The summed E-state index contributed by atoms with van der Waals surface area (Å²) in [5.41, 5.74) is 7.77. The topological polar surface area (TPSA) is 105 Å². The van der Waals surface area contributed by atoms with E-state index >= 15 is 0 Å². The van der Waals surface area contributed by atoms with E-state index < -0.39 is 18.0 Å². The fourth-order valence-electron chi connectivity index (χ4n) is 2.01. The Balaban J connectivity index is 1.91. The fourth-order valence-corrected chi connectivity index (χ4v) is 2.01. The van der Waals surface area contributed by atoms with Crippen LogP contribution in [0, 0.1) is 0 Å². The van der Waals surface area contributed by atoms with Crippen molar-refractivity contribution in [3.63, 3.8) is 0 Å². The molecule has 6 heteroatoms. The number of esters is 1. The van der Waals surface area contributed by atoms with E-state index in [0.29, 0.717) is 5.56 Å². The maximum Gasteiger partial charge on any atom is 0.341 e. The molecule has 0 fully saturated rings. The van der Waals surface area contributed by atoms with E-state index in [4.69, 9.17) is 16.4 Å². The number of hydrogen-bond acceptors (Lipinski definition) is 6. The number of benzene rings is 2. The summed E-state index contributed by atoms with van der Waals surface area (Å²) < 4.78 is 5.24. The minimum absolute atomic E-state index is 0.217. The van der Waals surface area contributed by atoms with Crippen molar-refractivity contribution in [3.05, 3.63) is 71.3 Å². The second-order valence-electron chi connectivity index (χ2n) is 5.01. The van der Waals surface area contributed by atoms with E-state index in [0.717, 1.165) is 11.1 Å². The molecule has 6 nitrogen and oxygen atoms in total. The highest BCUT2D eigenvalue weighted by Gasteiger charge is 2.15. The molecule has 4 N–H and O–H groups in total. The first-order chi connectivity index (χ1) is 11.1. The predicted octanol–water partition coefficient (Wildman–Crippen LogP) is 1.33. The van der Waals surface area contributed by atoms with Crippen LogP contribution in [0.3, 0.4) is 0 Å². The maximum absolute atomic E-state index is 12.0. The van der Waals surface area contributed by atoms with Gasteiger partial charge in [-0.15, -0.1) is 0 Å². The number of ether oxygens (including phenoxy) is 1. The van der Waals surface area contributed by atoms with Crippen molar-refractivity contribution < 1.29 is 19.2 Å². The minimum atomic E-state index is -0.837. The van der Waals surface area contributed by atoms with Crippen LogP contribution in [0.5, 0.6) is 0 Å². The lowest BCUT2D eigenvalue weighted by Gasteiger charge is -2.09. The molecule has 0 saturated carbocycles. The number of carbonyl (C=O) groups is 2. The van der Waals surface area contributed by atoms with Gasteiger partial charge in [-0.05, 0) is 29.7 Å². The predicted molar refractivity (Wildman–Crippen MR) is 84.0 cm³/mol. The Morgan fingerprint density at radius 3 is 2.22 bits per heavy atom. The number of rotatable bonds is 6. The van der Waals surface area contributed by atoms with Crippen LogP contribution in [-0.4, -0.2) is 18.0 Å². The summed E-state index contributed by atoms with van der Waals surface area (Å²) in [7, 11) is 0. The van der Waals surface area contributed by atoms with Gasteiger partial charge >= 0.3 is 11.9 Å². The molecule has 0 heterocycles. The average Bonchev–Trinajstić information content (AvgIpc) is 2.60. The monoisotopic (exact) mass is 314 g/mol. The molecule has 0 aliphatic rings. The molecule has 0 spiro atoms. The van der Waals surface area contributed by atoms with Gasteiger partial charge in [-0.2, -0.15) is 5.90 Å². The normalized spacial score (nSPS) is 11.6. The molecule has 2 aromatic carbocycles. The van der Waals surface area contributed by atoms with E-state index in [2.05, 4.69) is 4.84 Å². The van der Waals surface area contributed by atoms with Gasteiger partial charge in [0.1, 0.15) is 12.6 Å². The number of hydrogen-bond donors (Lipinski definition) is 2. The zero-order valence-corrected chi connectivity index (χ0v) is 12.5. The summed E-state index contributed by atoms with van der Waals surface area (Å²) in [4.78, 5) is 27.2. The van der Waals surface area contributed by atoms with Crippen molar-refractivity contribution in [3.8, 4) is 0 Å². The molecule has 0 aliphatic carbocycles. The first-order valence-electron chi connectivity index (χ1n) is 7.06.